The molecule has 8 heteroatoms. The Kier molecular flexibility index (Phi) is 5.29. The summed E-state index contributed by atoms with van der Waals surface area (Å²) in [4.78, 5) is 38.0. The van der Waals surface area contributed by atoms with Crippen molar-refractivity contribution in [2.75, 3.05) is 19.0 Å². The summed E-state index contributed by atoms with van der Waals surface area (Å²) in [5.41, 5.74) is 1.10. The number of ether oxygens (including phenoxy) is 1. The van der Waals surface area contributed by atoms with Crippen molar-refractivity contribution in [3.05, 3.63) is 57.0 Å². The smallest absolute Gasteiger partial charge is 0.261 e. The van der Waals surface area contributed by atoms with Gasteiger partial charge in [-0.15, -0.1) is 0 Å². The fourth-order valence-corrected chi connectivity index (χ4v) is 3.20. The molecular formula is C18H14BrClN2O4. The third-order valence-electron chi connectivity index (χ3n) is 3.93. The quantitative estimate of drug-likeness (QED) is 0.723. The summed E-state index contributed by atoms with van der Waals surface area (Å²) < 4.78 is 5.88. The molecule has 0 unspecified atom stereocenters. The second-order valence-electron chi connectivity index (χ2n) is 5.59. The van der Waals surface area contributed by atoms with Crippen LogP contribution >= 0.6 is 27.5 Å². The number of hydrogen-bond acceptors (Lipinski definition) is 4. The van der Waals surface area contributed by atoms with E-state index in [0.29, 0.717) is 32.1 Å². The molecule has 0 atom stereocenters. The lowest BCUT2D eigenvalue weighted by molar-refractivity contribution is -0.116. The van der Waals surface area contributed by atoms with E-state index in [2.05, 4.69) is 21.2 Å². The van der Waals surface area contributed by atoms with E-state index in [1.807, 2.05) is 0 Å². The van der Waals surface area contributed by atoms with Crippen molar-refractivity contribution >= 4 is 50.9 Å². The van der Waals surface area contributed by atoms with Gasteiger partial charge >= 0.3 is 0 Å². The number of benzene rings is 2. The van der Waals surface area contributed by atoms with Crippen molar-refractivity contribution in [1.82, 2.24) is 4.90 Å². The number of nitrogens with one attached hydrogen (secondary N) is 1. The van der Waals surface area contributed by atoms with Gasteiger partial charge in [0.05, 0.1) is 23.9 Å². The van der Waals surface area contributed by atoms with Crippen LogP contribution in [-0.2, 0) is 4.79 Å². The van der Waals surface area contributed by atoms with Crippen LogP contribution in [0.2, 0.25) is 5.02 Å². The number of methoxy groups -OCH3 is 1. The van der Waals surface area contributed by atoms with Crippen molar-refractivity contribution in [3.8, 4) is 5.75 Å². The second kappa shape index (κ2) is 7.47. The van der Waals surface area contributed by atoms with Crippen LogP contribution in [-0.4, -0.2) is 36.3 Å². The van der Waals surface area contributed by atoms with E-state index in [1.54, 1.807) is 36.4 Å². The average molecular weight is 438 g/mol. The van der Waals surface area contributed by atoms with Crippen molar-refractivity contribution in [2.45, 2.75) is 6.42 Å². The molecule has 6 nitrogen and oxygen atoms in total. The van der Waals surface area contributed by atoms with Gasteiger partial charge in [0.25, 0.3) is 11.8 Å². The Bertz CT molecular complexity index is 916. The van der Waals surface area contributed by atoms with Gasteiger partial charge in [-0.05, 0) is 36.4 Å². The van der Waals surface area contributed by atoms with Gasteiger partial charge in [-0.1, -0.05) is 27.5 Å². The number of rotatable bonds is 5. The molecule has 1 aliphatic rings. The third kappa shape index (κ3) is 3.59. The van der Waals surface area contributed by atoms with Gasteiger partial charge in [0.15, 0.2) is 0 Å². The lowest BCUT2D eigenvalue weighted by Crippen LogP contribution is -2.32. The predicted octanol–water partition coefficient (Wildman–Crippen LogP) is 3.74. The standard InChI is InChI=1S/C18H14BrClN2O4/c1-26-15-5-3-11(20)9-14(15)21-16(23)6-7-22-17(24)12-4-2-10(19)8-13(12)18(22)25/h2-5,8-9H,6-7H2,1H3,(H,21,23). The van der Waals surface area contributed by atoms with Crippen LogP contribution in [0.5, 0.6) is 5.75 Å². The molecule has 2 aromatic rings. The van der Waals surface area contributed by atoms with Crippen LogP contribution in [0.25, 0.3) is 0 Å². The van der Waals surface area contributed by atoms with Gasteiger partial charge < -0.3 is 10.1 Å². The maximum atomic E-state index is 12.4. The minimum atomic E-state index is -0.403. The monoisotopic (exact) mass is 436 g/mol. The topological polar surface area (TPSA) is 75.7 Å². The van der Waals surface area contributed by atoms with E-state index in [9.17, 15) is 14.4 Å². The number of nitrogens with zero attached hydrogens (tertiary/aromatic N) is 1. The van der Waals surface area contributed by atoms with Gasteiger partial charge in [0.2, 0.25) is 5.91 Å². The number of fused-ring (bicyclic) bond motifs is 1. The number of carbonyl (C=O) groups is 3. The summed E-state index contributed by atoms with van der Waals surface area (Å²) >= 11 is 9.21. The Hall–Kier alpha value is -2.38. The molecule has 26 heavy (non-hydrogen) atoms. The molecule has 0 bridgehead atoms. The molecule has 3 rings (SSSR count). The number of amides is 3. The zero-order valence-corrected chi connectivity index (χ0v) is 16.1. The summed E-state index contributed by atoms with van der Waals surface area (Å²) in [6, 6.07) is 9.75. The molecule has 0 saturated heterocycles. The van der Waals surface area contributed by atoms with Gasteiger partial charge in [-0.2, -0.15) is 0 Å². The highest BCUT2D eigenvalue weighted by molar-refractivity contribution is 9.10. The fraction of sp³-hybridized carbons (Fsp3) is 0.167. The van der Waals surface area contributed by atoms with Crippen LogP contribution < -0.4 is 10.1 Å². The van der Waals surface area contributed by atoms with E-state index in [1.165, 1.54) is 7.11 Å². The number of halogens is 2. The van der Waals surface area contributed by atoms with Crippen molar-refractivity contribution in [3.63, 3.8) is 0 Å². The number of hydrogen-bond donors (Lipinski definition) is 1. The van der Waals surface area contributed by atoms with Crippen LogP contribution in [0.4, 0.5) is 5.69 Å². The lowest BCUT2D eigenvalue weighted by atomic mass is 10.1. The minimum Gasteiger partial charge on any atom is -0.495 e. The zero-order valence-electron chi connectivity index (χ0n) is 13.7. The molecule has 0 aliphatic carbocycles. The van der Waals surface area contributed by atoms with Gasteiger partial charge in [0.1, 0.15) is 5.75 Å². The van der Waals surface area contributed by atoms with Crippen molar-refractivity contribution in [1.29, 1.82) is 0 Å². The predicted molar refractivity (Wildman–Crippen MR) is 101 cm³/mol. The molecule has 0 aromatic heterocycles. The van der Waals surface area contributed by atoms with Crippen LogP contribution in [0.15, 0.2) is 40.9 Å². The van der Waals surface area contributed by atoms with Crippen LogP contribution in [0.3, 0.4) is 0 Å². The summed E-state index contributed by atoms with van der Waals surface area (Å²) in [5, 5.41) is 3.13. The maximum Gasteiger partial charge on any atom is 0.261 e. The normalized spacial score (nSPS) is 13.0. The number of anilines is 1. The van der Waals surface area contributed by atoms with Crippen LogP contribution in [0.1, 0.15) is 27.1 Å². The van der Waals surface area contributed by atoms with Crippen LogP contribution in [0, 0.1) is 0 Å². The van der Waals surface area contributed by atoms with E-state index in [-0.39, 0.29) is 18.9 Å². The summed E-state index contributed by atoms with van der Waals surface area (Å²) in [6.45, 7) is -0.0152. The molecule has 134 valence electrons. The van der Waals surface area contributed by atoms with Gasteiger partial charge in [-0.25, -0.2) is 0 Å². The zero-order chi connectivity index (χ0) is 18.8. The molecule has 1 N–H and O–H groups in total. The molecule has 0 radical (unpaired) electrons. The first-order valence-corrected chi connectivity index (χ1v) is 8.87. The van der Waals surface area contributed by atoms with Gasteiger partial charge in [-0.3, -0.25) is 19.3 Å². The highest BCUT2D eigenvalue weighted by Gasteiger charge is 2.35. The number of carbonyl (C=O) groups excluding carboxylic acids is 3. The Morgan fingerprint density at radius 2 is 1.88 bits per heavy atom. The van der Waals surface area contributed by atoms with Crippen molar-refractivity contribution < 1.29 is 19.1 Å². The van der Waals surface area contributed by atoms with Crippen molar-refractivity contribution in [2.24, 2.45) is 0 Å². The molecule has 2 aromatic carbocycles. The first kappa shape index (κ1) is 18.4. The molecule has 0 fully saturated rings. The Balaban J connectivity index is 1.67. The first-order chi connectivity index (χ1) is 12.4. The Labute approximate surface area is 163 Å². The first-order valence-electron chi connectivity index (χ1n) is 7.70. The molecular weight excluding hydrogens is 424 g/mol. The van der Waals surface area contributed by atoms with E-state index < -0.39 is 11.8 Å². The molecule has 3 amide bonds. The fourth-order valence-electron chi connectivity index (χ4n) is 2.67. The number of imide groups is 1. The summed E-state index contributed by atoms with van der Waals surface area (Å²) in [6.07, 6.45) is -0.0394. The van der Waals surface area contributed by atoms with E-state index >= 15 is 0 Å². The third-order valence-corrected chi connectivity index (χ3v) is 4.66. The molecule has 0 spiro atoms. The van der Waals surface area contributed by atoms with Gasteiger partial charge in [0, 0.05) is 22.5 Å². The highest BCUT2D eigenvalue weighted by atomic mass is 79.9. The molecule has 1 heterocycles. The maximum absolute atomic E-state index is 12.4. The minimum absolute atomic E-state index is 0.0152. The highest BCUT2D eigenvalue weighted by Crippen LogP contribution is 2.28. The second-order valence-corrected chi connectivity index (χ2v) is 6.95. The Morgan fingerprint density at radius 3 is 2.62 bits per heavy atom. The summed E-state index contributed by atoms with van der Waals surface area (Å²) in [5.74, 6) is -0.693. The largest absolute Gasteiger partial charge is 0.495 e. The molecule has 0 saturated carbocycles. The van der Waals surface area contributed by atoms with E-state index in [4.69, 9.17) is 16.3 Å². The average Bonchev–Trinajstić information content (AvgIpc) is 2.83. The van der Waals surface area contributed by atoms with E-state index in [0.717, 1.165) is 4.90 Å². The Morgan fingerprint density at radius 1 is 1.15 bits per heavy atom. The SMILES string of the molecule is COc1ccc(Cl)cc1NC(=O)CCN1C(=O)c2ccc(Br)cc2C1=O. The lowest BCUT2D eigenvalue weighted by Gasteiger charge is -2.14. The molecule has 1 aliphatic heterocycles. The summed E-state index contributed by atoms with van der Waals surface area (Å²) in [7, 11) is 1.48.